The molecule has 0 aliphatic carbocycles. The number of hydrogen-bond donors (Lipinski definition) is 1. The average Bonchev–Trinajstić information content (AvgIpc) is 2.41. The zero-order valence-electron chi connectivity index (χ0n) is 10.1. The molecule has 0 bridgehead atoms. The van der Waals surface area contributed by atoms with Gasteiger partial charge in [0.25, 0.3) is 5.69 Å². The summed E-state index contributed by atoms with van der Waals surface area (Å²) in [7, 11) is 0. The fraction of sp³-hybridized carbons (Fsp3) is 0.364. The third kappa shape index (κ3) is 2.56. The van der Waals surface area contributed by atoms with Gasteiger partial charge in [0.1, 0.15) is 5.69 Å². The van der Waals surface area contributed by atoms with Crippen molar-refractivity contribution in [3.8, 4) is 0 Å². The third-order valence-corrected chi connectivity index (χ3v) is 3.12. The summed E-state index contributed by atoms with van der Waals surface area (Å²) >= 11 is 0. The predicted molar refractivity (Wildman–Crippen MR) is 67.3 cm³/mol. The summed E-state index contributed by atoms with van der Waals surface area (Å²) in [6.07, 6.45) is 0.753. The minimum absolute atomic E-state index is 0.406. The Balaban J connectivity index is 2.26. The van der Waals surface area contributed by atoms with Crippen LogP contribution < -0.4 is 10.6 Å². The minimum Gasteiger partial charge on any atom is -0.391 e. The maximum Gasteiger partial charge on any atom is 0.297 e. The quantitative estimate of drug-likeness (QED) is 0.375. The van der Waals surface area contributed by atoms with Gasteiger partial charge in [0.15, 0.2) is 5.82 Å². The van der Waals surface area contributed by atoms with Gasteiger partial charge >= 0.3 is 0 Å². The summed E-state index contributed by atoms with van der Waals surface area (Å²) in [5.41, 5.74) is 4.85. The molecule has 0 atom stereocenters. The number of carbonyl (C=O) groups is 1. The maximum atomic E-state index is 13.6. The highest BCUT2D eigenvalue weighted by molar-refractivity contribution is 5.67. The lowest BCUT2D eigenvalue weighted by Crippen LogP contribution is -2.45. The number of hydrogen-bond acceptors (Lipinski definition) is 5. The van der Waals surface area contributed by atoms with Crippen LogP contribution in [0.5, 0.6) is 0 Å². The van der Waals surface area contributed by atoms with Crippen LogP contribution in [0.15, 0.2) is 12.1 Å². The van der Waals surface area contributed by atoms with E-state index in [-0.39, 0.29) is 0 Å². The molecule has 1 aromatic rings. The van der Waals surface area contributed by atoms with Crippen LogP contribution in [0, 0.1) is 15.9 Å². The monoisotopic (exact) mass is 268 g/mol. The Morgan fingerprint density at radius 3 is 2.47 bits per heavy atom. The Morgan fingerprint density at radius 1 is 1.32 bits per heavy atom. The van der Waals surface area contributed by atoms with Crippen LogP contribution in [-0.2, 0) is 4.79 Å². The second-order valence-electron chi connectivity index (χ2n) is 4.25. The molecule has 1 aliphatic rings. The first kappa shape index (κ1) is 13.1. The van der Waals surface area contributed by atoms with Gasteiger partial charge in [0, 0.05) is 37.9 Å². The smallest absolute Gasteiger partial charge is 0.297 e. The van der Waals surface area contributed by atoms with E-state index in [9.17, 15) is 19.3 Å². The van der Waals surface area contributed by atoms with E-state index in [1.54, 1.807) is 9.80 Å². The number of nitrogens with two attached hydrogens (primary N) is 1. The summed E-state index contributed by atoms with van der Waals surface area (Å²) in [6.45, 7) is 2.01. The Kier molecular flexibility index (Phi) is 3.50. The zero-order valence-corrected chi connectivity index (χ0v) is 10.1. The highest BCUT2D eigenvalue weighted by atomic mass is 19.1. The van der Waals surface area contributed by atoms with Crippen molar-refractivity contribution in [3.05, 3.63) is 28.1 Å². The Bertz CT molecular complexity index is 515. The molecule has 0 saturated carbocycles. The molecular formula is C11H13FN4O3. The molecule has 0 aromatic heterocycles. The molecule has 2 N–H and O–H groups in total. The number of nitrogen functional groups attached to an aromatic ring is 1. The first-order chi connectivity index (χ1) is 9.02. The van der Waals surface area contributed by atoms with E-state index in [1.807, 2.05) is 0 Å². The molecule has 0 radical (unpaired) electrons. The van der Waals surface area contributed by atoms with Crippen LogP contribution in [0.4, 0.5) is 21.5 Å². The van der Waals surface area contributed by atoms with Crippen LogP contribution >= 0.6 is 0 Å². The third-order valence-electron chi connectivity index (χ3n) is 3.12. The number of piperazine rings is 1. The number of amides is 1. The number of halogens is 1. The van der Waals surface area contributed by atoms with Gasteiger partial charge in [-0.2, -0.15) is 0 Å². The number of nitrogens with zero attached hydrogens (tertiary/aromatic N) is 3. The molecule has 2 rings (SSSR count). The highest BCUT2D eigenvalue weighted by Gasteiger charge is 2.22. The van der Waals surface area contributed by atoms with E-state index in [4.69, 9.17) is 5.73 Å². The van der Waals surface area contributed by atoms with Crippen molar-refractivity contribution in [1.29, 1.82) is 0 Å². The zero-order chi connectivity index (χ0) is 14.0. The lowest BCUT2D eigenvalue weighted by Gasteiger charge is -2.34. The molecule has 19 heavy (non-hydrogen) atoms. The van der Waals surface area contributed by atoms with E-state index in [0.717, 1.165) is 6.41 Å². The van der Waals surface area contributed by atoms with Gasteiger partial charge in [-0.05, 0) is 6.07 Å². The molecule has 0 spiro atoms. The van der Waals surface area contributed by atoms with Gasteiger partial charge in [-0.3, -0.25) is 14.9 Å². The van der Waals surface area contributed by atoms with Crippen LogP contribution in [0.3, 0.4) is 0 Å². The molecule has 1 fully saturated rings. The first-order valence-electron chi connectivity index (χ1n) is 5.70. The molecule has 1 aromatic carbocycles. The van der Waals surface area contributed by atoms with Crippen molar-refractivity contribution in [2.45, 2.75) is 0 Å². The van der Waals surface area contributed by atoms with Crippen molar-refractivity contribution in [2.75, 3.05) is 36.8 Å². The molecule has 0 unspecified atom stereocenters. The second kappa shape index (κ2) is 5.09. The summed E-state index contributed by atoms with van der Waals surface area (Å²) in [6, 6.07) is 2.44. The fourth-order valence-corrected chi connectivity index (χ4v) is 2.01. The average molecular weight is 268 g/mol. The molecule has 102 valence electrons. The van der Waals surface area contributed by atoms with Crippen molar-refractivity contribution in [1.82, 2.24) is 4.90 Å². The molecule has 1 aliphatic heterocycles. The summed E-state index contributed by atoms with van der Waals surface area (Å²) in [5, 5.41) is 10.8. The molecule has 1 heterocycles. The van der Waals surface area contributed by atoms with E-state index in [1.165, 1.54) is 12.1 Å². The van der Waals surface area contributed by atoms with Crippen molar-refractivity contribution in [3.63, 3.8) is 0 Å². The SMILES string of the molecule is Nc1c(F)cc(N2CCN(C=O)CC2)cc1[N+](=O)[O-]. The lowest BCUT2D eigenvalue weighted by atomic mass is 10.2. The minimum atomic E-state index is -0.804. The predicted octanol–water partition coefficient (Wildman–Crippen LogP) is 0.594. The lowest BCUT2D eigenvalue weighted by molar-refractivity contribution is -0.384. The van der Waals surface area contributed by atoms with Crippen LogP contribution in [0.25, 0.3) is 0 Å². The number of nitro groups is 1. The molecule has 8 heteroatoms. The van der Waals surface area contributed by atoms with Crippen molar-refractivity contribution < 1.29 is 14.1 Å². The van der Waals surface area contributed by atoms with Gasteiger partial charge in [0.05, 0.1) is 4.92 Å². The van der Waals surface area contributed by atoms with Gasteiger partial charge < -0.3 is 15.5 Å². The van der Waals surface area contributed by atoms with Crippen LogP contribution in [0.2, 0.25) is 0 Å². The fourth-order valence-electron chi connectivity index (χ4n) is 2.01. The largest absolute Gasteiger partial charge is 0.391 e. The normalized spacial score (nSPS) is 15.4. The van der Waals surface area contributed by atoms with E-state index >= 15 is 0 Å². The summed E-state index contributed by atoms with van der Waals surface area (Å²) < 4.78 is 13.6. The molecule has 1 saturated heterocycles. The molecular weight excluding hydrogens is 255 g/mol. The van der Waals surface area contributed by atoms with Gasteiger partial charge in [-0.1, -0.05) is 0 Å². The topological polar surface area (TPSA) is 92.7 Å². The number of nitro benzene ring substituents is 1. The molecule has 1 amide bonds. The van der Waals surface area contributed by atoms with E-state index in [0.29, 0.717) is 31.9 Å². The van der Waals surface area contributed by atoms with Crippen LogP contribution in [0.1, 0.15) is 0 Å². The first-order valence-corrected chi connectivity index (χ1v) is 5.70. The number of benzene rings is 1. The number of rotatable bonds is 3. The van der Waals surface area contributed by atoms with Crippen molar-refractivity contribution in [2.24, 2.45) is 0 Å². The Labute approximate surface area is 108 Å². The van der Waals surface area contributed by atoms with Gasteiger partial charge in [-0.25, -0.2) is 4.39 Å². The van der Waals surface area contributed by atoms with Crippen molar-refractivity contribution >= 4 is 23.5 Å². The second-order valence-corrected chi connectivity index (χ2v) is 4.25. The summed E-state index contributed by atoms with van der Waals surface area (Å²) in [4.78, 5) is 24.1. The Hall–Kier alpha value is -2.38. The van der Waals surface area contributed by atoms with Gasteiger partial charge in [0.2, 0.25) is 6.41 Å². The van der Waals surface area contributed by atoms with E-state index < -0.39 is 22.1 Å². The van der Waals surface area contributed by atoms with E-state index in [2.05, 4.69) is 0 Å². The number of carbonyl (C=O) groups excluding carboxylic acids is 1. The Morgan fingerprint density at radius 2 is 1.95 bits per heavy atom. The van der Waals surface area contributed by atoms with Crippen LogP contribution in [-0.4, -0.2) is 42.4 Å². The molecule has 7 nitrogen and oxygen atoms in total. The number of anilines is 2. The summed E-state index contributed by atoms with van der Waals surface area (Å²) in [5.74, 6) is -0.804. The standard InChI is InChI=1S/C11H13FN4O3/c12-9-5-8(6-10(11(9)13)16(18)19)15-3-1-14(7-17)2-4-15/h5-7H,1-4,13H2. The highest BCUT2D eigenvalue weighted by Crippen LogP contribution is 2.30. The maximum absolute atomic E-state index is 13.6. The van der Waals surface area contributed by atoms with Gasteiger partial charge in [-0.15, -0.1) is 0 Å².